The molecule has 24 heteroatoms. The van der Waals surface area contributed by atoms with Crippen molar-refractivity contribution >= 4 is 57.5 Å². The minimum absolute atomic E-state index is 0.00370. The summed E-state index contributed by atoms with van der Waals surface area (Å²) in [5.41, 5.74) is 0. The molecule has 0 spiro atoms. The molecule has 0 aliphatic rings. The molecule has 362 valence electrons. The average Bonchev–Trinajstić information content (AvgIpc) is 3.24. The van der Waals surface area contributed by atoms with E-state index in [1.165, 1.54) is 38.0 Å². The zero-order chi connectivity index (χ0) is 50.8. The van der Waals surface area contributed by atoms with Gasteiger partial charge in [0, 0.05) is 32.7 Å². The van der Waals surface area contributed by atoms with Crippen LogP contribution in [0.15, 0.2) is 99.4 Å². The van der Waals surface area contributed by atoms with E-state index < -0.39 is 87.0 Å². The van der Waals surface area contributed by atoms with Crippen molar-refractivity contribution in [1.29, 1.82) is 5.26 Å². The van der Waals surface area contributed by atoms with Crippen LogP contribution in [-0.2, 0) is 76.6 Å². The number of sulfone groups is 1. The van der Waals surface area contributed by atoms with Gasteiger partial charge in [0.25, 0.3) is 0 Å². The van der Waals surface area contributed by atoms with E-state index in [1.54, 1.807) is 31.2 Å². The van der Waals surface area contributed by atoms with Gasteiger partial charge in [0.15, 0.2) is 21.0 Å². The number of carbonyl (C=O) groups excluding carboxylic acids is 3. The lowest BCUT2D eigenvalue weighted by Gasteiger charge is -2.13. The number of amides is 1. The molecular weight excluding hydrogens is 889 g/mol. The molecule has 0 bridgehead atoms. The van der Waals surface area contributed by atoms with E-state index in [0.29, 0.717) is 0 Å². The summed E-state index contributed by atoms with van der Waals surface area (Å²) in [6.07, 6.45) is 5.34. The van der Waals surface area contributed by atoms with Gasteiger partial charge < -0.3 is 59.3 Å². The molecule has 23 nitrogen and oxygen atoms in total. The number of carboxylic acids is 5. The molecule has 0 aliphatic carbocycles. The lowest BCUT2D eigenvalue weighted by molar-refractivity contribution is -0.159. The van der Waals surface area contributed by atoms with Crippen molar-refractivity contribution in [3.8, 4) is 6.07 Å². The maximum absolute atomic E-state index is 12.1. The highest BCUT2D eigenvalue weighted by atomic mass is 32.2. The molecule has 0 aromatic heterocycles. The van der Waals surface area contributed by atoms with Crippen molar-refractivity contribution in [2.24, 2.45) is 17.8 Å². The Hall–Kier alpha value is -7.68. The lowest BCUT2D eigenvalue weighted by Crippen LogP contribution is -2.33. The van der Waals surface area contributed by atoms with Crippen LogP contribution < -0.4 is 5.32 Å². The summed E-state index contributed by atoms with van der Waals surface area (Å²) in [6.45, 7) is 18.6. The van der Waals surface area contributed by atoms with Gasteiger partial charge in [-0.2, -0.15) is 5.26 Å². The number of nitrogens with zero attached hydrogens (tertiary/aromatic N) is 1. The molecule has 1 aromatic carbocycles. The Labute approximate surface area is 375 Å². The van der Waals surface area contributed by atoms with Gasteiger partial charge in [-0.3, -0.25) is 38.4 Å². The number of rotatable bonds is 28. The fraction of sp³-hybridized carbons (Fsp3) is 0.390. The van der Waals surface area contributed by atoms with Crippen molar-refractivity contribution in [1.82, 2.24) is 5.32 Å². The van der Waals surface area contributed by atoms with Crippen LogP contribution in [0, 0.1) is 29.1 Å². The number of carbonyl (C=O) groups is 8. The van der Waals surface area contributed by atoms with E-state index in [-0.39, 0.29) is 63.6 Å². The standard InChI is InChI=1S/C12H14O5S.C9H14O5.C8H13NO4.C7H9NO3.C5H6O4/c1-2-17-9-8-11(12(13)14)18(15,16)10-6-4-3-5-7-10;1-3-13-6-5-7(8(10)11)9(12)14-4-2;1-3-13-5-4-6(8(11)12)7(10)9-2;1-2-11-4-3-6(5-8)7(9)10;1-2-9-5(8)3-4(6)7/h2-7,11H,1,8-9H2,(H,13,14);3,7H,1,4-6H2,2H3,(H,10,11);3,6H,1,4-5H2,2H3,(H,9,10)(H,11,12);2,6H,1,3-4H2,(H,9,10);2H,1,3H2,(H,6,7). The first-order valence-corrected chi connectivity index (χ1v) is 20.1. The van der Waals surface area contributed by atoms with Gasteiger partial charge in [0.05, 0.1) is 75.3 Å². The Morgan fingerprint density at radius 1 is 0.677 bits per heavy atom. The lowest BCUT2D eigenvalue weighted by atomic mass is 10.1. The molecule has 0 heterocycles. The predicted octanol–water partition coefficient (Wildman–Crippen LogP) is 3.16. The number of aliphatic carboxylic acids is 5. The predicted molar refractivity (Wildman–Crippen MR) is 226 cm³/mol. The highest BCUT2D eigenvalue weighted by Gasteiger charge is 2.33. The third kappa shape index (κ3) is 33.6. The normalized spacial score (nSPS) is 11.3. The van der Waals surface area contributed by atoms with Crippen LogP contribution in [0.25, 0.3) is 0 Å². The van der Waals surface area contributed by atoms with Gasteiger partial charge in [-0.25, -0.2) is 8.42 Å². The summed E-state index contributed by atoms with van der Waals surface area (Å²) in [4.78, 5) is 84.4. The summed E-state index contributed by atoms with van der Waals surface area (Å²) in [6, 6.07) is 9.15. The molecule has 6 N–H and O–H groups in total. The molecule has 0 fully saturated rings. The van der Waals surface area contributed by atoms with Crippen LogP contribution in [0.1, 0.15) is 39.0 Å². The summed E-state index contributed by atoms with van der Waals surface area (Å²) >= 11 is 0. The molecule has 1 rings (SSSR count). The van der Waals surface area contributed by atoms with Gasteiger partial charge in [0.2, 0.25) is 5.91 Å². The van der Waals surface area contributed by atoms with Gasteiger partial charge in [0.1, 0.15) is 18.3 Å². The van der Waals surface area contributed by atoms with Gasteiger partial charge in [-0.15, -0.1) is 0 Å². The number of benzene rings is 1. The van der Waals surface area contributed by atoms with Crippen LogP contribution in [0.2, 0.25) is 0 Å². The fourth-order valence-corrected chi connectivity index (χ4v) is 5.42. The van der Waals surface area contributed by atoms with Crippen LogP contribution >= 0.6 is 0 Å². The molecular formula is C41H56N2O21S. The molecule has 4 atom stereocenters. The minimum Gasteiger partial charge on any atom is -0.502 e. The van der Waals surface area contributed by atoms with Crippen molar-refractivity contribution < 1.29 is 101 Å². The third-order valence-electron chi connectivity index (χ3n) is 6.96. The van der Waals surface area contributed by atoms with E-state index >= 15 is 0 Å². The average molecular weight is 945 g/mol. The van der Waals surface area contributed by atoms with Crippen LogP contribution in [0.5, 0.6) is 0 Å². The van der Waals surface area contributed by atoms with E-state index in [0.717, 1.165) is 12.5 Å². The Bertz CT molecular complexity index is 1830. The van der Waals surface area contributed by atoms with E-state index in [2.05, 4.69) is 52.4 Å². The number of ether oxygens (including phenoxy) is 6. The second-order valence-corrected chi connectivity index (χ2v) is 13.5. The van der Waals surface area contributed by atoms with Crippen LogP contribution in [0.3, 0.4) is 0 Å². The molecule has 0 saturated carbocycles. The topological polar surface area (TPSA) is 363 Å². The Kier molecular flexibility index (Phi) is 39.7. The van der Waals surface area contributed by atoms with E-state index in [4.69, 9.17) is 45.0 Å². The van der Waals surface area contributed by atoms with E-state index in [1.807, 2.05) is 0 Å². The van der Waals surface area contributed by atoms with Crippen molar-refractivity contribution in [2.75, 3.05) is 40.1 Å². The second-order valence-electron chi connectivity index (χ2n) is 11.4. The summed E-state index contributed by atoms with van der Waals surface area (Å²) in [5, 5.41) is 51.7. The summed E-state index contributed by atoms with van der Waals surface area (Å²) in [5.74, 6) is -11.3. The number of hydrogen-bond donors (Lipinski definition) is 6. The SMILES string of the molecule is C=COC(=O)CC(=O)O.C=COCCC(C#N)C(=O)O.C=COCCC(C(=O)O)C(=O)NC.C=COCCC(C(=O)O)C(=O)OCC.C=COCCC(C(=O)O)S(=O)(=O)c1ccccc1. The number of nitriles is 1. The van der Waals surface area contributed by atoms with Gasteiger partial charge >= 0.3 is 41.8 Å². The quantitative estimate of drug-likeness (QED) is 0.0304. The molecule has 1 amide bonds. The molecule has 0 saturated heterocycles. The zero-order valence-electron chi connectivity index (χ0n) is 35.8. The zero-order valence-corrected chi connectivity index (χ0v) is 36.6. The highest BCUT2D eigenvalue weighted by molar-refractivity contribution is 7.92. The Balaban J connectivity index is -0.000000365. The highest BCUT2D eigenvalue weighted by Crippen LogP contribution is 2.18. The van der Waals surface area contributed by atoms with Crippen LogP contribution in [-0.4, -0.2) is 127 Å². The molecule has 0 radical (unpaired) electrons. The smallest absolute Gasteiger partial charge is 0.322 e. The molecule has 1 aromatic rings. The van der Waals surface area contributed by atoms with Crippen molar-refractivity contribution in [3.63, 3.8) is 0 Å². The maximum Gasteiger partial charge on any atom is 0.322 e. The third-order valence-corrected chi connectivity index (χ3v) is 9.07. The minimum atomic E-state index is -3.89. The Morgan fingerprint density at radius 3 is 1.48 bits per heavy atom. The number of nitrogens with one attached hydrogen (secondary N) is 1. The van der Waals surface area contributed by atoms with Crippen molar-refractivity contribution in [3.05, 3.63) is 94.5 Å². The summed E-state index contributed by atoms with van der Waals surface area (Å²) < 4.78 is 51.8. The van der Waals surface area contributed by atoms with Gasteiger partial charge in [-0.05, 0) is 19.1 Å². The first-order chi connectivity index (χ1) is 30.6. The second kappa shape index (κ2) is 40.4. The first kappa shape index (κ1) is 64.0. The maximum atomic E-state index is 12.1. The molecule has 4 unspecified atom stereocenters. The number of hydrogen-bond acceptors (Lipinski definition) is 17. The van der Waals surface area contributed by atoms with E-state index in [9.17, 15) is 46.8 Å². The Morgan fingerprint density at radius 2 is 1.12 bits per heavy atom. The summed E-state index contributed by atoms with van der Waals surface area (Å²) in [7, 11) is -2.50. The van der Waals surface area contributed by atoms with Gasteiger partial charge in [-0.1, -0.05) is 51.1 Å². The van der Waals surface area contributed by atoms with Crippen LogP contribution in [0.4, 0.5) is 0 Å². The first-order valence-electron chi connectivity index (χ1n) is 18.5. The molecule has 0 aliphatic heterocycles. The monoisotopic (exact) mass is 944 g/mol. The fourth-order valence-electron chi connectivity index (χ4n) is 3.88. The number of carboxylic acid groups (broad SMARTS) is 5. The van der Waals surface area contributed by atoms with Crippen molar-refractivity contribution in [2.45, 2.75) is 49.2 Å². The molecule has 65 heavy (non-hydrogen) atoms. The number of esters is 2. The largest absolute Gasteiger partial charge is 0.502 e.